The van der Waals surface area contributed by atoms with Gasteiger partial charge in [-0.05, 0) is 71.6 Å². The van der Waals surface area contributed by atoms with Crippen molar-refractivity contribution in [1.82, 2.24) is 4.42 Å². The van der Waals surface area contributed by atoms with Crippen LogP contribution in [0.5, 0.6) is 0 Å². The highest BCUT2D eigenvalue weighted by Gasteiger charge is 2.54. The Morgan fingerprint density at radius 1 is 0.870 bits per heavy atom. The maximum absolute atomic E-state index is 12.5. The largest absolute Gasteiger partial charge is 0.460 e. The Balaban J connectivity index is 2.14. The minimum atomic E-state index is -0.532. The van der Waals surface area contributed by atoms with E-state index >= 15 is 0 Å². The van der Waals surface area contributed by atoms with Gasteiger partial charge in [0.05, 0.1) is 11.8 Å². The van der Waals surface area contributed by atoms with Crippen molar-refractivity contribution in [3.05, 3.63) is 0 Å². The fourth-order valence-electron chi connectivity index (χ4n) is 3.57. The molecule has 0 radical (unpaired) electrons. The number of carbonyl (C=O) groups is 2. The van der Waals surface area contributed by atoms with Gasteiger partial charge < -0.3 is 9.47 Å². The van der Waals surface area contributed by atoms with E-state index in [1.54, 1.807) is 4.42 Å². The Kier molecular flexibility index (Phi) is 5.03. The molecule has 4 atom stereocenters. The van der Waals surface area contributed by atoms with E-state index < -0.39 is 11.2 Å². The molecule has 1 aliphatic heterocycles. The summed E-state index contributed by atoms with van der Waals surface area (Å²) < 4.78 is 12.8. The fourth-order valence-corrected chi connectivity index (χ4v) is 3.89. The van der Waals surface area contributed by atoms with Crippen LogP contribution in [0.1, 0.15) is 48.0 Å². The number of hydrogen-bond donors (Lipinski definition) is 0. The fraction of sp³-hybridized carbons (Fsp3) is 0.882. The van der Waals surface area contributed by atoms with Crippen LogP contribution in [0.25, 0.3) is 0 Å². The summed E-state index contributed by atoms with van der Waals surface area (Å²) in [5.74, 6) is -0.934. The summed E-state index contributed by atoms with van der Waals surface area (Å²) >= 11 is 6.15. The van der Waals surface area contributed by atoms with Gasteiger partial charge in [-0.1, -0.05) is 0 Å². The molecule has 0 amide bonds. The lowest BCUT2D eigenvalue weighted by atomic mass is 9.90. The summed E-state index contributed by atoms with van der Waals surface area (Å²) in [5, 5.41) is 0. The van der Waals surface area contributed by atoms with Crippen molar-refractivity contribution >= 4 is 23.7 Å². The number of hydrogen-bond acceptors (Lipinski definition) is 5. The van der Waals surface area contributed by atoms with Crippen molar-refractivity contribution in [2.75, 3.05) is 13.1 Å². The summed E-state index contributed by atoms with van der Waals surface area (Å²) in [4.78, 5) is 25.1. The van der Waals surface area contributed by atoms with Gasteiger partial charge in [-0.2, -0.15) is 0 Å². The van der Waals surface area contributed by atoms with Crippen LogP contribution in [-0.2, 0) is 19.1 Å². The molecule has 0 N–H and O–H groups in total. The molecular weight excluding hydrogens is 318 g/mol. The van der Waals surface area contributed by atoms with E-state index in [0.717, 1.165) is 0 Å². The molecule has 0 bridgehead atoms. The minimum absolute atomic E-state index is 0.0554. The molecule has 0 unspecified atom stereocenters. The van der Waals surface area contributed by atoms with Crippen molar-refractivity contribution < 1.29 is 19.1 Å². The summed E-state index contributed by atoms with van der Waals surface area (Å²) in [6.07, 6.45) is 0.490. The predicted molar refractivity (Wildman–Crippen MR) is 87.7 cm³/mol. The van der Waals surface area contributed by atoms with Crippen LogP contribution in [0.3, 0.4) is 0 Å². The van der Waals surface area contributed by atoms with Crippen LogP contribution in [0.15, 0.2) is 0 Å². The number of fused-ring (bicyclic) bond motifs is 1. The standard InChI is InChI=1S/C17H28ClNO4/c1-16(2,3)22-14(20)10-7-11(15(21)23-17(4,5)6)13-9-19(18)8-12(10)13/h10-13H,7-9H2,1-6H3/t10-,11+,12-,13+. The molecule has 23 heavy (non-hydrogen) atoms. The molecule has 0 spiro atoms. The van der Waals surface area contributed by atoms with E-state index in [2.05, 4.69) is 0 Å². The summed E-state index contributed by atoms with van der Waals surface area (Å²) in [5.41, 5.74) is -1.06. The molecule has 0 aromatic heterocycles. The van der Waals surface area contributed by atoms with Gasteiger partial charge in [-0.25, -0.2) is 4.42 Å². The molecule has 2 rings (SSSR count). The van der Waals surface area contributed by atoms with Gasteiger partial charge in [0.2, 0.25) is 0 Å². The first-order valence-electron chi connectivity index (χ1n) is 8.24. The van der Waals surface area contributed by atoms with E-state index in [1.165, 1.54) is 0 Å². The molecule has 5 nitrogen and oxygen atoms in total. The second-order valence-electron chi connectivity index (χ2n) is 8.67. The van der Waals surface area contributed by atoms with Gasteiger partial charge in [0.1, 0.15) is 11.2 Å². The molecule has 1 aliphatic carbocycles. The van der Waals surface area contributed by atoms with Crippen molar-refractivity contribution in [2.24, 2.45) is 23.7 Å². The second kappa shape index (κ2) is 6.25. The molecule has 2 fully saturated rings. The first kappa shape index (κ1) is 18.5. The maximum Gasteiger partial charge on any atom is 0.309 e. The summed E-state index contributed by atoms with van der Waals surface area (Å²) in [6.45, 7) is 12.3. The lowest BCUT2D eigenvalue weighted by Gasteiger charge is -2.25. The Morgan fingerprint density at radius 3 is 1.52 bits per heavy atom. The molecule has 2 aliphatic rings. The average molecular weight is 346 g/mol. The van der Waals surface area contributed by atoms with Gasteiger partial charge in [0, 0.05) is 13.1 Å². The quantitative estimate of drug-likeness (QED) is 0.569. The van der Waals surface area contributed by atoms with Crippen molar-refractivity contribution in [1.29, 1.82) is 0 Å². The van der Waals surface area contributed by atoms with E-state index in [9.17, 15) is 9.59 Å². The van der Waals surface area contributed by atoms with Crippen LogP contribution in [-0.4, -0.2) is 40.6 Å². The second-order valence-corrected chi connectivity index (χ2v) is 9.15. The number of ether oxygens (including phenoxy) is 2. The lowest BCUT2D eigenvalue weighted by Crippen LogP contribution is -2.32. The zero-order valence-corrected chi connectivity index (χ0v) is 15.6. The summed E-state index contributed by atoms with van der Waals surface area (Å²) in [6, 6.07) is 0. The molecule has 1 saturated carbocycles. The zero-order chi connectivity index (χ0) is 17.6. The number of halogens is 1. The maximum atomic E-state index is 12.5. The average Bonchev–Trinajstić information content (AvgIpc) is 2.80. The molecule has 132 valence electrons. The highest BCUT2D eigenvalue weighted by Crippen LogP contribution is 2.48. The normalized spacial score (nSPS) is 31.8. The van der Waals surface area contributed by atoms with E-state index in [4.69, 9.17) is 21.3 Å². The van der Waals surface area contributed by atoms with Gasteiger partial charge in [0.15, 0.2) is 0 Å². The van der Waals surface area contributed by atoms with Gasteiger partial charge in [-0.3, -0.25) is 9.59 Å². The third kappa shape index (κ3) is 4.60. The third-order valence-corrected chi connectivity index (χ3v) is 4.60. The lowest BCUT2D eigenvalue weighted by molar-refractivity contribution is -0.162. The van der Waals surface area contributed by atoms with E-state index in [0.29, 0.717) is 19.5 Å². The molecule has 1 heterocycles. The van der Waals surface area contributed by atoms with Crippen LogP contribution in [0, 0.1) is 23.7 Å². The first-order valence-corrected chi connectivity index (χ1v) is 8.57. The van der Waals surface area contributed by atoms with Crippen LogP contribution in [0.4, 0.5) is 0 Å². The molecule has 1 saturated heterocycles. The first-order chi connectivity index (χ1) is 10.4. The number of carbonyl (C=O) groups excluding carboxylic acids is 2. The molecule has 0 aromatic rings. The number of nitrogens with zero attached hydrogens (tertiary/aromatic N) is 1. The minimum Gasteiger partial charge on any atom is -0.460 e. The van der Waals surface area contributed by atoms with Crippen LogP contribution in [0.2, 0.25) is 0 Å². The molecular formula is C17H28ClNO4. The highest BCUT2D eigenvalue weighted by atomic mass is 35.5. The number of rotatable bonds is 2. The smallest absolute Gasteiger partial charge is 0.309 e. The zero-order valence-electron chi connectivity index (χ0n) is 14.9. The Labute approximate surface area is 143 Å². The Morgan fingerprint density at radius 2 is 1.22 bits per heavy atom. The van der Waals surface area contributed by atoms with Gasteiger partial charge >= 0.3 is 11.9 Å². The third-order valence-electron chi connectivity index (χ3n) is 4.33. The number of esters is 2. The monoisotopic (exact) mass is 345 g/mol. The molecule has 0 aromatic carbocycles. The van der Waals surface area contributed by atoms with E-state index in [1.807, 2.05) is 41.5 Å². The topological polar surface area (TPSA) is 55.8 Å². The SMILES string of the molecule is CC(C)(C)OC(=O)[C@H]1C[C@@H](C(=O)OC(C)(C)C)[C@H]2CN(Cl)C[C@H]21. The van der Waals surface area contributed by atoms with Crippen molar-refractivity contribution in [2.45, 2.75) is 59.2 Å². The Bertz CT molecular complexity index is 438. The Hall–Kier alpha value is -0.810. The summed E-state index contributed by atoms with van der Waals surface area (Å²) in [7, 11) is 0. The van der Waals surface area contributed by atoms with Crippen LogP contribution < -0.4 is 0 Å². The molecule has 6 heteroatoms. The van der Waals surface area contributed by atoms with E-state index in [-0.39, 0.29) is 35.6 Å². The van der Waals surface area contributed by atoms with Crippen molar-refractivity contribution in [3.63, 3.8) is 0 Å². The van der Waals surface area contributed by atoms with Gasteiger partial charge in [-0.15, -0.1) is 0 Å². The van der Waals surface area contributed by atoms with Crippen molar-refractivity contribution in [3.8, 4) is 0 Å². The highest BCUT2D eigenvalue weighted by molar-refractivity contribution is 6.13. The van der Waals surface area contributed by atoms with Crippen LogP contribution >= 0.6 is 11.8 Å². The predicted octanol–water partition coefficient (Wildman–Crippen LogP) is 3.01. The van der Waals surface area contributed by atoms with Gasteiger partial charge in [0.25, 0.3) is 0 Å².